The first-order chi connectivity index (χ1) is 8.45. The quantitative estimate of drug-likeness (QED) is 0.654. The Bertz CT molecular complexity index is 466. The Morgan fingerprint density at radius 1 is 1.50 bits per heavy atom. The van der Waals surface area contributed by atoms with E-state index in [-0.39, 0.29) is 5.56 Å². The molecule has 0 aliphatic heterocycles. The number of carboxylic acid groups (broad SMARTS) is 1. The highest BCUT2D eigenvalue weighted by atomic mass is 16.4. The molecule has 4 N–H and O–H groups in total. The lowest BCUT2D eigenvalue weighted by Crippen LogP contribution is -2.43. The number of carbonyl (C=O) groups excluding carboxylic acids is 2. The van der Waals surface area contributed by atoms with Crippen molar-refractivity contribution in [3.63, 3.8) is 0 Å². The van der Waals surface area contributed by atoms with Crippen LogP contribution in [0.15, 0.2) is 16.7 Å². The van der Waals surface area contributed by atoms with E-state index in [1.807, 2.05) is 0 Å². The van der Waals surface area contributed by atoms with Gasteiger partial charge in [-0.15, -0.1) is 0 Å². The Labute approximate surface area is 103 Å². The fourth-order valence-electron chi connectivity index (χ4n) is 1.45. The molecule has 98 valence electrons. The Morgan fingerprint density at radius 2 is 2.17 bits per heavy atom. The molecule has 0 saturated carbocycles. The number of nitrogens with one attached hydrogen (secondary N) is 1. The van der Waals surface area contributed by atoms with E-state index in [2.05, 4.69) is 5.32 Å². The average molecular weight is 254 g/mol. The number of hydrogen-bond donors (Lipinski definition) is 3. The summed E-state index contributed by atoms with van der Waals surface area (Å²) in [6.45, 7) is 1.80. The van der Waals surface area contributed by atoms with Gasteiger partial charge in [-0.1, -0.05) is 6.92 Å². The molecule has 1 heterocycles. The topological polar surface area (TPSA) is 123 Å². The number of hydrogen-bond acceptors (Lipinski definition) is 4. The molecule has 7 nitrogen and oxygen atoms in total. The first-order valence-electron chi connectivity index (χ1n) is 5.34. The van der Waals surface area contributed by atoms with Crippen LogP contribution in [0, 0.1) is 0 Å². The van der Waals surface area contributed by atoms with E-state index in [1.54, 1.807) is 6.92 Å². The molecule has 7 heteroatoms. The summed E-state index contributed by atoms with van der Waals surface area (Å²) in [5.74, 6) is -2.26. The van der Waals surface area contributed by atoms with E-state index in [0.717, 1.165) is 0 Å². The number of amides is 2. The molecule has 0 bridgehead atoms. The van der Waals surface area contributed by atoms with E-state index < -0.39 is 30.2 Å². The Balaban J connectivity index is 2.78. The maximum Gasteiger partial charge on any atom is 0.326 e. The van der Waals surface area contributed by atoms with Crippen molar-refractivity contribution in [3.8, 4) is 0 Å². The minimum atomic E-state index is -1.34. The number of carbonyl (C=O) groups is 3. The molecule has 0 fully saturated rings. The Morgan fingerprint density at radius 3 is 2.67 bits per heavy atom. The molecule has 2 amide bonds. The van der Waals surface area contributed by atoms with Gasteiger partial charge in [0.2, 0.25) is 5.91 Å². The number of nitrogens with two attached hydrogens (primary N) is 1. The minimum Gasteiger partial charge on any atom is -0.480 e. The number of carboxylic acids is 1. The van der Waals surface area contributed by atoms with Crippen LogP contribution in [0.1, 0.15) is 29.5 Å². The largest absolute Gasteiger partial charge is 0.480 e. The third kappa shape index (κ3) is 3.34. The molecule has 1 atom stereocenters. The van der Waals surface area contributed by atoms with Crippen LogP contribution in [0.4, 0.5) is 0 Å². The van der Waals surface area contributed by atoms with Gasteiger partial charge in [-0.25, -0.2) is 4.79 Å². The van der Waals surface area contributed by atoms with Crippen LogP contribution in [0.25, 0.3) is 0 Å². The van der Waals surface area contributed by atoms with Crippen molar-refractivity contribution in [2.75, 3.05) is 0 Å². The van der Waals surface area contributed by atoms with Crippen molar-refractivity contribution in [2.24, 2.45) is 5.73 Å². The number of aryl methyl sites for hydroxylation is 1. The molecule has 0 spiro atoms. The van der Waals surface area contributed by atoms with Gasteiger partial charge in [0.05, 0.1) is 18.2 Å². The van der Waals surface area contributed by atoms with Gasteiger partial charge in [0.1, 0.15) is 11.8 Å². The smallest absolute Gasteiger partial charge is 0.326 e. The summed E-state index contributed by atoms with van der Waals surface area (Å²) >= 11 is 0. The first-order valence-corrected chi connectivity index (χ1v) is 5.34. The number of rotatable bonds is 6. The predicted molar refractivity (Wildman–Crippen MR) is 60.8 cm³/mol. The normalized spacial score (nSPS) is 11.8. The molecule has 0 unspecified atom stereocenters. The van der Waals surface area contributed by atoms with E-state index in [0.29, 0.717) is 12.2 Å². The predicted octanol–water partition coefficient (Wildman–Crippen LogP) is -0.0996. The lowest BCUT2D eigenvalue weighted by molar-refractivity contribution is -0.140. The van der Waals surface area contributed by atoms with Gasteiger partial charge in [-0.3, -0.25) is 9.59 Å². The van der Waals surface area contributed by atoms with Crippen molar-refractivity contribution >= 4 is 17.8 Å². The fraction of sp³-hybridized carbons (Fsp3) is 0.364. The summed E-state index contributed by atoms with van der Waals surface area (Å²) in [7, 11) is 0. The summed E-state index contributed by atoms with van der Waals surface area (Å²) < 4.78 is 5.06. The van der Waals surface area contributed by atoms with Gasteiger partial charge in [-0.05, 0) is 6.07 Å². The molecule has 1 aromatic rings. The van der Waals surface area contributed by atoms with Crippen LogP contribution in [0.3, 0.4) is 0 Å². The third-order valence-corrected chi connectivity index (χ3v) is 2.32. The summed E-state index contributed by atoms with van der Waals surface area (Å²) in [4.78, 5) is 33.3. The number of primary amides is 1. The Kier molecular flexibility index (Phi) is 4.47. The highest BCUT2D eigenvalue weighted by Crippen LogP contribution is 2.11. The number of furan rings is 1. The fourth-order valence-corrected chi connectivity index (χ4v) is 1.45. The highest BCUT2D eigenvalue weighted by molar-refractivity contribution is 5.98. The maximum atomic E-state index is 11.8. The second-order valence-electron chi connectivity index (χ2n) is 3.65. The van der Waals surface area contributed by atoms with E-state index in [4.69, 9.17) is 15.3 Å². The van der Waals surface area contributed by atoms with Gasteiger partial charge in [0, 0.05) is 6.42 Å². The summed E-state index contributed by atoms with van der Waals surface area (Å²) in [5.41, 5.74) is 5.17. The lowest BCUT2D eigenvalue weighted by atomic mass is 10.1. The molecule has 18 heavy (non-hydrogen) atoms. The molecule has 0 aliphatic carbocycles. The van der Waals surface area contributed by atoms with Crippen molar-refractivity contribution in [2.45, 2.75) is 25.8 Å². The second-order valence-corrected chi connectivity index (χ2v) is 3.65. The molecule has 0 aromatic carbocycles. The van der Waals surface area contributed by atoms with Crippen LogP contribution in [-0.2, 0) is 16.0 Å². The van der Waals surface area contributed by atoms with Crippen molar-refractivity contribution in [1.29, 1.82) is 0 Å². The van der Waals surface area contributed by atoms with Gasteiger partial charge >= 0.3 is 5.97 Å². The summed E-state index contributed by atoms with van der Waals surface area (Å²) in [6.07, 6.45) is 1.39. The Hall–Kier alpha value is -2.31. The molecule has 0 aliphatic rings. The molecule has 0 saturated heterocycles. The summed E-state index contributed by atoms with van der Waals surface area (Å²) in [5, 5.41) is 11.1. The van der Waals surface area contributed by atoms with E-state index in [9.17, 15) is 14.4 Å². The molecular formula is C11H14N2O5. The average Bonchev–Trinajstić information content (AvgIpc) is 2.75. The minimum absolute atomic E-state index is 0.258. The zero-order chi connectivity index (χ0) is 13.7. The molecular weight excluding hydrogens is 240 g/mol. The van der Waals surface area contributed by atoms with E-state index in [1.165, 1.54) is 12.3 Å². The van der Waals surface area contributed by atoms with Crippen LogP contribution >= 0.6 is 0 Å². The molecule has 1 rings (SSSR count). The molecule has 0 radical (unpaired) electrons. The van der Waals surface area contributed by atoms with Crippen molar-refractivity contribution < 1.29 is 23.9 Å². The summed E-state index contributed by atoms with van der Waals surface area (Å²) in [6, 6.07) is 0.103. The van der Waals surface area contributed by atoms with Crippen LogP contribution in [0.5, 0.6) is 0 Å². The van der Waals surface area contributed by atoms with Crippen molar-refractivity contribution in [1.82, 2.24) is 5.32 Å². The van der Waals surface area contributed by atoms with Gasteiger partial charge in [0.15, 0.2) is 0 Å². The van der Waals surface area contributed by atoms with Gasteiger partial charge in [0.25, 0.3) is 5.91 Å². The lowest BCUT2D eigenvalue weighted by Gasteiger charge is -2.12. The maximum absolute atomic E-state index is 11.8. The van der Waals surface area contributed by atoms with E-state index >= 15 is 0 Å². The highest BCUT2D eigenvalue weighted by Gasteiger charge is 2.24. The third-order valence-electron chi connectivity index (χ3n) is 2.32. The SMILES string of the molecule is CCc1occc1C(=O)N[C@H](CC(N)=O)C(=O)O. The second kappa shape index (κ2) is 5.85. The van der Waals surface area contributed by atoms with Gasteiger partial charge in [-0.2, -0.15) is 0 Å². The standard InChI is InChI=1S/C11H14N2O5/c1-2-8-6(3-4-18-8)10(15)13-7(11(16)17)5-9(12)14/h3-4,7H,2,5H2,1H3,(H2,12,14)(H,13,15)(H,16,17)/t7-/m1/s1. The van der Waals surface area contributed by atoms with Crippen LogP contribution < -0.4 is 11.1 Å². The number of aliphatic carboxylic acids is 1. The zero-order valence-electron chi connectivity index (χ0n) is 9.80. The molecule has 1 aromatic heterocycles. The monoisotopic (exact) mass is 254 g/mol. The zero-order valence-corrected chi connectivity index (χ0v) is 9.80. The first kappa shape index (κ1) is 13.8. The van der Waals surface area contributed by atoms with Crippen LogP contribution in [-0.4, -0.2) is 28.9 Å². The van der Waals surface area contributed by atoms with Crippen molar-refractivity contribution in [3.05, 3.63) is 23.7 Å². The van der Waals surface area contributed by atoms with Gasteiger partial charge < -0.3 is 20.6 Å². The van der Waals surface area contributed by atoms with Crippen LogP contribution in [0.2, 0.25) is 0 Å².